The largest absolute Gasteiger partial charge is 0.495 e. The Kier molecular flexibility index (Phi) is 5.89. The van der Waals surface area contributed by atoms with E-state index in [1.54, 1.807) is 43.5 Å². The lowest BCUT2D eigenvalue weighted by Crippen LogP contribution is -2.44. The molecule has 6 heteroatoms. The number of anilines is 2. The molecule has 1 amide bonds. The van der Waals surface area contributed by atoms with E-state index in [1.165, 1.54) is 7.11 Å². The van der Waals surface area contributed by atoms with Gasteiger partial charge in [0.15, 0.2) is 0 Å². The number of terminal acetylenes is 1. The minimum atomic E-state index is -0.724. The van der Waals surface area contributed by atoms with Crippen LogP contribution in [0.4, 0.5) is 11.5 Å². The van der Waals surface area contributed by atoms with Crippen molar-refractivity contribution in [1.29, 1.82) is 0 Å². The van der Waals surface area contributed by atoms with Gasteiger partial charge in [0.1, 0.15) is 16.6 Å². The van der Waals surface area contributed by atoms with Crippen molar-refractivity contribution in [2.24, 2.45) is 0 Å². The second kappa shape index (κ2) is 7.91. The molecule has 5 nitrogen and oxygen atoms in total. The van der Waals surface area contributed by atoms with Crippen molar-refractivity contribution in [2.75, 3.05) is 12.4 Å². The summed E-state index contributed by atoms with van der Waals surface area (Å²) in [6.45, 7) is 3.71. The van der Waals surface area contributed by atoms with Gasteiger partial charge in [0.25, 0.3) is 5.91 Å². The minimum Gasteiger partial charge on any atom is -0.495 e. The number of aromatic nitrogens is 1. The number of hydrogen-bond donors (Lipinski definition) is 2. The molecule has 0 radical (unpaired) electrons. The summed E-state index contributed by atoms with van der Waals surface area (Å²) in [5.41, 5.74) is 0.234. The maximum absolute atomic E-state index is 12.7. The van der Waals surface area contributed by atoms with Crippen LogP contribution in [0.1, 0.15) is 30.6 Å². The number of benzene rings is 1. The second-order valence-corrected chi connectivity index (χ2v) is 6.01. The number of nitrogens with one attached hydrogen (secondary N) is 2. The van der Waals surface area contributed by atoms with Crippen LogP contribution in [0.2, 0.25) is 5.02 Å². The molecule has 0 fully saturated rings. The zero-order valence-corrected chi connectivity index (χ0v) is 15.1. The lowest BCUT2D eigenvalue weighted by Gasteiger charge is -2.24. The Hall–Kier alpha value is -2.71. The number of ether oxygens (including phenoxy) is 1. The number of pyridine rings is 1. The molecule has 1 aromatic carbocycles. The third-order valence-corrected chi connectivity index (χ3v) is 4.29. The maximum Gasteiger partial charge on any atom is 0.256 e. The molecule has 1 unspecified atom stereocenters. The van der Waals surface area contributed by atoms with Crippen molar-refractivity contribution >= 4 is 29.0 Å². The van der Waals surface area contributed by atoms with Crippen molar-refractivity contribution in [3.05, 3.63) is 47.1 Å². The van der Waals surface area contributed by atoms with Crippen LogP contribution in [0.3, 0.4) is 0 Å². The number of methoxy groups -OCH3 is 1. The SMILES string of the molecule is C#CC(C)(CC)NC(=O)c1cccnc1Nc1cccc(OC)c1Cl. The third kappa shape index (κ3) is 4.23. The molecule has 0 bridgehead atoms. The molecule has 2 rings (SSSR count). The number of rotatable bonds is 6. The number of carbonyl (C=O) groups is 1. The summed E-state index contributed by atoms with van der Waals surface area (Å²) >= 11 is 6.30. The summed E-state index contributed by atoms with van der Waals surface area (Å²) in [5.74, 6) is 3.21. The standard InChI is InChI=1S/C19H20ClN3O2/c1-5-19(3,6-2)23-18(24)13-9-8-12-21-17(13)22-14-10-7-11-15(25-4)16(14)20/h1,7-12H,6H2,2-4H3,(H,21,22)(H,23,24). The summed E-state index contributed by atoms with van der Waals surface area (Å²) in [6.07, 6.45) is 7.73. The average Bonchev–Trinajstić information content (AvgIpc) is 2.63. The van der Waals surface area contributed by atoms with Gasteiger partial charge in [0, 0.05) is 6.20 Å². The van der Waals surface area contributed by atoms with Gasteiger partial charge in [-0.1, -0.05) is 30.5 Å². The lowest BCUT2D eigenvalue weighted by molar-refractivity contribution is 0.0924. The zero-order chi connectivity index (χ0) is 18.4. The van der Waals surface area contributed by atoms with Gasteiger partial charge in [0.2, 0.25) is 0 Å². The van der Waals surface area contributed by atoms with Crippen LogP contribution < -0.4 is 15.4 Å². The van der Waals surface area contributed by atoms with Gasteiger partial charge in [-0.2, -0.15) is 0 Å². The fourth-order valence-electron chi connectivity index (χ4n) is 2.13. The molecule has 0 spiro atoms. The molecule has 1 atom stereocenters. The van der Waals surface area contributed by atoms with Gasteiger partial charge < -0.3 is 15.4 Å². The van der Waals surface area contributed by atoms with Gasteiger partial charge in [0.05, 0.1) is 23.9 Å². The van der Waals surface area contributed by atoms with E-state index in [4.69, 9.17) is 22.8 Å². The van der Waals surface area contributed by atoms with E-state index in [2.05, 4.69) is 21.5 Å². The van der Waals surface area contributed by atoms with Crippen LogP contribution in [-0.2, 0) is 0 Å². The third-order valence-electron chi connectivity index (χ3n) is 3.90. The molecule has 0 aliphatic heterocycles. The number of amides is 1. The van der Waals surface area contributed by atoms with E-state index in [0.29, 0.717) is 34.3 Å². The highest BCUT2D eigenvalue weighted by atomic mass is 35.5. The maximum atomic E-state index is 12.7. The van der Waals surface area contributed by atoms with Crippen LogP contribution in [0.25, 0.3) is 0 Å². The summed E-state index contributed by atoms with van der Waals surface area (Å²) < 4.78 is 5.20. The quantitative estimate of drug-likeness (QED) is 0.766. The lowest BCUT2D eigenvalue weighted by atomic mass is 9.99. The monoisotopic (exact) mass is 357 g/mol. The minimum absolute atomic E-state index is 0.308. The predicted molar refractivity (Wildman–Crippen MR) is 101 cm³/mol. The molecule has 1 heterocycles. The molecular formula is C19H20ClN3O2. The first kappa shape index (κ1) is 18.6. The van der Waals surface area contributed by atoms with Gasteiger partial charge >= 0.3 is 0 Å². The van der Waals surface area contributed by atoms with Crippen LogP contribution in [0.5, 0.6) is 5.75 Å². The van der Waals surface area contributed by atoms with E-state index in [9.17, 15) is 4.79 Å². The van der Waals surface area contributed by atoms with E-state index in [-0.39, 0.29) is 5.91 Å². The molecular weight excluding hydrogens is 338 g/mol. The first-order chi connectivity index (χ1) is 11.9. The fourth-order valence-corrected chi connectivity index (χ4v) is 2.38. The summed E-state index contributed by atoms with van der Waals surface area (Å²) in [7, 11) is 1.54. The molecule has 0 saturated heterocycles. The van der Waals surface area contributed by atoms with Crippen LogP contribution in [-0.4, -0.2) is 23.5 Å². The van der Waals surface area contributed by atoms with E-state index in [1.807, 2.05) is 6.92 Å². The van der Waals surface area contributed by atoms with Crippen molar-refractivity contribution in [3.63, 3.8) is 0 Å². The smallest absolute Gasteiger partial charge is 0.256 e. The van der Waals surface area contributed by atoms with Gasteiger partial charge in [-0.25, -0.2) is 4.98 Å². The highest BCUT2D eigenvalue weighted by molar-refractivity contribution is 6.34. The Morgan fingerprint density at radius 3 is 2.80 bits per heavy atom. The Morgan fingerprint density at radius 1 is 1.40 bits per heavy atom. The number of hydrogen-bond acceptors (Lipinski definition) is 4. The molecule has 130 valence electrons. The predicted octanol–water partition coefficient (Wildman–Crippen LogP) is 4.02. The zero-order valence-electron chi connectivity index (χ0n) is 14.4. The first-order valence-corrected chi connectivity index (χ1v) is 8.16. The topological polar surface area (TPSA) is 63.2 Å². The van der Waals surface area contributed by atoms with Crippen molar-refractivity contribution in [3.8, 4) is 18.1 Å². The van der Waals surface area contributed by atoms with Gasteiger partial charge in [-0.05, 0) is 37.6 Å². The highest BCUT2D eigenvalue weighted by Gasteiger charge is 2.24. The van der Waals surface area contributed by atoms with Crippen LogP contribution in [0.15, 0.2) is 36.5 Å². The second-order valence-electron chi connectivity index (χ2n) is 5.63. The molecule has 2 aromatic rings. The Labute approximate surface area is 152 Å². The van der Waals surface area contributed by atoms with E-state index < -0.39 is 5.54 Å². The van der Waals surface area contributed by atoms with Crippen molar-refractivity contribution in [1.82, 2.24) is 10.3 Å². The molecule has 2 N–H and O–H groups in total. The molecule has 1 aromatic heterocycles. The van der Waals surface area contributed by atoms with Gasteiger partial charge in [-0.3, -0.25) is 4.79 Å². The average molecular weight is 358 g/mol. The van der Waals surface area contributed by atoms with Crippen LogP contribution in [0, 0.1) is 12.3 Å². The molecule has 25 heavy (non-hydrogen) atoms. The summed E-state index contributed by atoms with van der Waals surface area (Å²) in [4.78, 5) is 16.9. The normalized spacial score (nSPS) is 12.6. The van der Waals surface area contributed by atoms with E-state index >= 15 is 0 Å². The summed E-state index contributed by atoms with van der Waals surface area (Å²) in [6, 6.07) is 8.68. The van der Waals surface area contributed by atoms with E-state index in [0.717, 1.165) is 0 Å². The van der Waals surface area contributed by atoms with Crippen LogP contribution >= 0.6 is 11.6 Å². The molecule has 0 saturated carbocycles. The highest BCUT2D eigenvalue weighted by Crippen LogP contribution is 2.33. The number of halogens is 1. The number of carbonyl (C=O) groups excluding carboxylic acids is 1. The molecule has 0 aliphatic rings. The van der Waals surface area contributed by atoms with Gasteiger partial charge in [-0.15, -0.1) is 6.42 Å². The number of nitrogens with zero attached hydrogens (tertiary/aromatic N) is 1. The van der Waals surface area contributed by atoms with Crippen molar-refractivity contribution < 1.29 is 9.53 Å². The van der Waals surface area contributed by atoms with Crippen molar-refractivity contribution in [2.45, 2.75) is 25.8 Å². The Bertz CT molecular complexity index is 817. The first-order valence-electron chi connectivity index (χ1n) is 7.79. The summed E-state index contributed by atoms with van der Waals surface area (Å²) in [5, 5.41) is 6.35. The molecule has 0 aliphatic carbocycles. The Balaban J connectivity index is 2.33. The fraction of sp³-hybridized carbons (Fsp3) is 0.263. The Morgan fingerprint density at radius 2 is 2.16 bits per heavy atom.